The van der Waals surface area contributed by atoms with Crippen molar-refractivity contribution in [3.05, 3.63) is 48.6 Å². The van der Waals surface area contributed by atoms with Crippen LogP contribution in [0.15, 0.2) is 48.6 Å². The first-order valence-electron chi connectivity index (χ1n) is 43.4. The highest BCUT2D eigenvalue weighted by atomic mass is 16.8. The number of aliphatic hydroxyl groups excluding tert-OH is 11. The number of carbonyl (C=O) groups excluding carboxylic acids is 1. The van der Waals surface area contributed by atoms with Crippen LogP contribution in [0.4, 0.5) is 0 Å². The molecule has 1 amide bonds. The molecular formula is C86H159NO18. The molecule has 3 rings (SSSR count). The van der Waals surface area contributed by atoms with Crippen LogP contribution in [-0.4, -0.2) is 193 Å². The number of hydrogen-bond donors (Lipinski definition) is 12. The standard InChI is InChI=1S/C86H159NO18/c1-3-5-7-9-11-13-15-17-19-21-23-25-27-29-31-33-34-36-37-39-41-43-45-47-49-51-53-55-57-59-61-63-70(91)69(87-74(92)64-62-60-58-56-54-52-50-48-46-44-42-40-38-35-32-30-28-26-24-22-20-18-16-14-12-10-8-6-4-2)68-100-84-80(98)77(95)82(72(66-89)102-84)105-86-81(99)78(96)83(73(67-90)103-86)104-85-79(97)76(94)75(93)71(65-88)101-85/h16,18,22,24,28,30,61,63,69-73,75-86,88-91,93-99H,3-15,17,19-21,23,25-27,29,31-60,62,64-68H2,1-2H3,(H,87,92)/b18-16-,24-22-,30-28-,63-61+. The monoisotopic (exact) mass is 1490 g/mol. The van der Waals surface area contributed by atoms with E-state index in [1.54, 1.807) is 6.08 Å². The molecule has 17 unspecified atom stereocenters. The summed E-state index contributed by atoms with van der Waals surface area (Å²) in [5, 5.41) is 121. The Labute approximate surface area is 637 Å². The van der Waals surface area contributed by atoms with Crippen LogP contribution in [0.2, 0.25) is 0 Å². The summed E-state index contributed by atoms with van der Waals surface area (Å²) in [6.45, 7) is 1.78. The predicted octanol–water partition coefficient (Wildman–Crippen LogP) is 15.6. The number of amides is 1. The minimum Gasteiger partial charge on any atom is -0.394 e. The molecule has 0 bridgehead atoms. The second-order valence-electron chi connectivity index (χ2n) is 31.0. The van der Waals surface area contributed by atoms with Crippen molar-refractivity contribution in [3.8, 4) is 0 Å². The Morgan fingerprint density at radius 2 is 0.629 bits per heavy atom. The first kappa shape index (κ1) is 96.9. The van der Waals surface area contributed by atoms with Crippen LogP contribution in [0.3, 0.4) is 0 Å². The van der Waals surface area contributed by atoms with Gasteiger partial charge in [-0.1, -0.05) is 345 Å². The highest BCUT2D eigenvalue weighted by molar-refractivity contribution is 5.76. The maximum Gasteiger partial charge on any atom is 0.220 e. The molecule has 0 aromatic carbocycles. The van der Waals surface area contributed by atoms with Crippen LogP contribution >= 0.6 is 0 Å². The Morgan fingerprint density at radius 1 is 0.343 bits per heavy atom. The summed E-state index contributed by atoms with van der Waals surface area (Å²) in [6.07, 6.45) is 58.2. The Hall–Kier alpha value is -2.25. The van der Waals surface area contributed by atoms with Crippen molar-refractivity contribution in [1.82, 2.24) is 5.32 Å². The van der Waals surface area contributed by atoms with E-state index in [4.69, 9.17) is 28.4 Å². The van der Waals surface area contributed by atoms with E-state index in [9.17, 15) is 61.0 Å². The van der Waals surface area contributed by atoms with E-state index in [-0.39, 0.29) is 18.9 Å². The molecule has 19 heteroatoms. The van der Waals surface area contributed by atoms with Crippen LogP contribution < -0.4 is 5.32 Å². The molecule has 0 aromatic heterocycles. The largest absolute Gasteiger partial charge is 0.394 e. The number of unbranched alkanes of at least 4 members (excludes halogenated alkanes) is 48. The molecule has 3 heterocycles. The van der Waals surface area contributed by atoms with Crippen LogP contribution in [0.25, 0.3) is 0 Å². The molecule has 19 nitrogen and oxygen atoms in total. The van der Waals surface area contributed by atoms with Crippen LogP contribution in [-0.2, 0) is 33.2 Å². The van der Waals surface area contributed by atoms with Gasteiger partial charge in [0.2, 0.25) is 5.91 Å². The van der Waals surface area contributed by atoms with E-state index in [1.165, 1.54) is 276 Å². The van der Waals surface area contributed by atoms with Crippen molar-refractivity contribution in [3.63, 3.8) is 0 Å². The number of hydrogen-bond acceptors (Lipinski definition) is 18. The summed E-state index contributed by atoms with van der Waals surface area (Å²) in [6, 6.07) is -0.977. The lowest BCUT2D eigenvalue weighted by Crippen LogP contribution is -2.66. The zero-order valence-corrected chi connectivity index (χ0v) is 66.2. The molecule has 105 heavy (non-hydrogen) atoms. The van der Waals surface area contributed by atoms with Crippen molar-refractivity contribution in [1.29, 1.82) is 0 Å². The lowest BCUT2D eigenvalue weighted by atomic mass is 9.96. The van der Waals surface area contributed by atoms with Gasteiger partial charge in [-0.3, -0.25) is 4.79 Å². The minimum absolute atomic E-state index is 0.243. The molecule has 0 aliphatic carbocycles. The first-order valence-corrected chi connectivity index (χ1v) is 43.4. The molecule has 0 radical (unpaired) electrons. The first-order chi connectivity index (χ1) is 51.3. The number of aliphatic hydroxyl groups is 11. The fraction of sp³-hybridized carbons (Fsp3) is 0.895. The van der Waals surface area contributed by atoms with Gasteiger partial charge >= 0.3 is 0 Å². The quantitative estimate of drug-likeness (QED) is 0.0199. The minimum atomic E-state index is -1.98. The molecule has 616 valence electrons. The molecular weight excluding hydrogens is 1330 g/mol. The molecule has 3 aliphatic rings. The number of rotatable bonds is 70. The highest BCUT2D eigenvalue weighted by Crippen LogP contribution is 2.33. The summed E-state index contributed by atoms with van der Waals surface area (Å²) >= 11 is 0. The van der Waals surface area contributed by atoms with E-state index < -0.39 is 124 Å². The summed E-state index contributed by atoms with van der Waals surface area (Å²) in [4.78, 5) is 13.5. The van der Waals surface area contributed by atoms with Gasteiger partial charge < -0.3 is 89.9 Å². The molecule has 3 saturated heterocycles. The lowest BCUT2D eigenvalue weighted by molar-refractivity contribution is -0.379. The average Bonchev–Trinajstić information content (AvgIpc) is 0.781. The Balaban J connectivity index is 1.35. The maximum atomic E-state index is 13.5. The second kappa shape index (κ2) is 66.4. The molecule has 0 aromatic rings. The number of carbonyl (C=O) groups is 1. The molecule has 0 spiro atoms. The van der Waals surface area contributed by atoms with Gasteiger partial charge in [-0.15, -0.1) is 0 Å². The molecule has 3 aliphatic heterocycles. The van der Waals surface area contributed by atoms with Crippen molar-refractivity contribution in [2.24, 2.45) is 0 Å². The normalized spacial score (nSPS) is 26.0. The molecule has 17 atom stereocenters. The van der Waals surface area contributed by atoms with Crippen LogP contribution in [0.5, 0.6) is 0 Å². The van der Waals surface area contributed by atoms with Crippen LogP contribution in [0.1, 0.15) is 361 Å². The van der Waals surface area contributed by atoms with Gasteiger partial charge in [-0.05, 0) is 57.8 Å². The maximum absolute atomic E-state index is 13.5. The smallest absolute Gasteiger partial charge is 0.220 e. The zero-order chi connectivity index (χ0) is 76.0. The summed E-state index contributed by atoms with van der Waals surface area (Å²) < 4.78 is 34.5. The van der Waals surface area contributed by atoms with Crippen molar-refractivity contribution in [2.45, 2.75) is 465 Å². The fourth-order valence-corrected chi connectivity index (χ4v) is 14.7. The number of nitrogens with one attached hydrogen (secondary N) is 1. The number of allylic oxidation sites excluding steroid dienone is 7. The van der Waals surface area contributed by atoms with Gasteiger partial charge in [0.1, 0.15) is 73.2 Å². The zero-order valence-electron chi connectivity index (χ0n) is 66.2. The van der Waals surface area contributed by atoms with Gasteiger partial charge in [-0.25, -0.2) is 0 Å². The topological polar surface area (TPSA) is 307 Å². The summed E-state index contributed by atoms with van der Waals surface area (Å²) in [7, 11) is 0. The molecule has 12 N–H and O–H groups in total. The highest BCUT2D eigenvalue weighted by Gasteiger charge is 2.54. The third-order valence-electron chi connectivity index (χ3n) is 21.6. The van der Waals surface area contributed by atoms with E-state index in [2.05, 4.69) is 55.6 Å². The Kier molecular flexibility index (Phi) is 61.3. The Morgan fingerprint density at radius 3 is 0.981 bits per heavy atom. The van der Waals surface area contributed by atoms with Gasteiger partial charge in [0, 0.05) is 6.42 Å². The third kappa shape index (κ3) is 45.8. The van der Waals surface area contributed by atoms with Gasteiger partial charge in [-0.2, -0.15) is 0 Å². The van der Waals surface area contributed by atoms with E-state index in [0.29, 0.717) is 6.42 Å². The lowest BCUT2D eigenvalue weighted by Gasteiger charge is -2.48. The summed E-state index contributed by atoms with van der Waals surface area (Å²) in [5.74, 6) is -0.272. The predicted molar refractivity (Wildman–Crippen MR) is 420 cm³/mol. The van der Waals surface area contributed by atoms with Gasteiger partial charge in [0.05, 0.1) is 38.6 Å². The number of ether oxygens (including phenoxy) is 6. The van der Waals surface area contributed by atoms with E-state index in [1.807, 2.05) is 6.08 Å². The van der Waals surface area contributed by atoms with Crippen LogP contribution in [0, 0.1) is 0 Å². The second-order valence-corrected chi connectivity index (χ2v) is 31.0. The van der Waals surface area contributed by atoms with E-state index in [0.717, 1.165) is 57.8 Å². The average molecular weight is 1500 g/mol. The third-order valence-corrected chi connectivity index (χ3v) is 21.6. The Bertz CT molecular complexity index is 2080. The fourth-order valence-electron chi connectivity index (χ4n) is 14.7. The van der Waals surface area contributed by atoms with Gasteiger partial charge in [0.15, 0.2) is 18.9 Å². The molecule has 3 fully saturated rings. The van der Waals surface area contributed by atoms with E-state index >= 15 is 0 Å². The summed E-state index contributed by atoms with van der Waals surface area (Å²) in [5.41, 5.74) is 0. The molecule has 0 saturated carbocycles. The SMILES string of the molecule is CCCCCCC/C=C\C/C=C\C/C=C\CCCCCCCCCCCCCCCCC(=O)NC(COC1OC(CO)C(OC2OC(CO)C(OC3OC(CO)C(O)C(O)C3O)C(O)C2O)C(O)C1O)C(O)/C=C/CCCCCCCCCCCCCCCCCCCCCCCCCCCCCCC. The van der Waals surface area contributed by atoms with Crippen molar-refractivity contribution < 1.29 is 89.4 Å². The van der Waals surface area contributed by atoms with Crippen molar-refractivity contribution >= 4 is 5.91 Å². The van der Waals surface area contributed by atoms with Crippen molar-refractivity contribution in [2.75, 3.05) is 26.4 Å². The van der Waals surface area contributed by atoms with Gasteiger partial charge in [0.25, 0.3) is 0 Å².